The molecule has 0 amide bonds. The zero-order valence-corrected chi connectivity index (χ0v) is 5.86. The van der Waals surface area contributed by atoms with E-state index in [0.29, 0.717) is 9.98 Å². The van der Waals surface area contributed by atoms with Gasteiger partial charge in [-0.2, -0.15) is 0 Å². The SMILES string of the molecule is S=C1NCCNC1=S. The van der Waals surface area contributed by atoms with Crippen molar-refractivity contribution in [1.29, 1.82) is 0 Å². The maximum atomic E-state index is 4.81. The molecule has 1 fully saturated rings. The summed E-state index contributed by atoms with van der Waals surface area (Å²) in [6, 6.07) is 0. The highest BCUT2D eigenvalue weighted by molar-refractivity contribution is 7.89. The molecule has 1 saturated heterocycles. The van der Waals surface area contributed by atoms with Gasteiger partial charge in [0.15, 0.2) is 0 Å². The molecule has 1 rings (SSSR count). The minimum absolute atomic E-state index is 0.672. The van der Waals surface area contributed by atoms with Gasteiger partial charge >= 0.3 is 0 Å². The van der Waals surface area contributed by atoms with Crippen LogP contribution in [-0.2, 0) is 0 Å². The number of piperazine rings is 1. The molecule has 4 heteroatoms. The van der Waals surface area contributed by atoms with Gasteiger partial charge < -0.3 is 10.6 Å². The van der Waals surface area contributed by atoms with Crippen molar-refractivity contribution < 1.29 is 0 Å². The normalized spacial score (nSPS) is 19.5. The predicted octanol–water partition coefficient (Wildman–Crippen LogP) is -0.166. The number of thiocarbonyl (C=S) groups is 2. The van der Waals surface area contributed by atoms with Crippen LogP contribution in [0.3, 0.4) is 0 Å². The third kappa shape index (κ3) is 1.14. The highest BCUT2D eigenvalue weighted by atomic mass is 32.1. The van der Waals surface area contributed by atoms with E-state index in [9.17, 15) is 0 Å². The first-order valence-corrected chi connectivity index (χ1v) is 3.18. The molecule has 0 aromatic heterocycles. The molecule has 0 unspecified atom stereocenters. The summed E-state index contributed by atoms with van der Waals surface area (Å²) in [6.07, 6.45) is 0. The van der Waals surface area contributed by atoms with E-state index in [2.05, 4.69) is 10.6 Å². The Morgan fingerprint density at radius 1 is 1.00 bits per heavy atom. The first kappa shape index (κ1) is 5.91. The second-order valence-electron chi connectivity index (χ2n) is 1.51. The molecule has 1 heterocycles. The molecule has 0 aromatic carbocycles. The van der Waals surface area contributed by atoms with Crippen molar-refractivity contribution in [2.24, 2.45) is 0 Å². The summed E-state index contributed by atoms with van der Waals surface area (Å²) in [7, 11) is 0. The van der Waals surface area contributed by atoms with E-state index in [-0.39, 0.29) is 0 Å². The minimum Gasteiger partial charge on any atom is -0.372 e. The van der Waals surface area contributed by atoms with Crippen LogP contribution < -0.4 is 10.6 Å². The zero-order valence-electron chi connectivity index (χ0n) is 4.23. The molecule has 0 aromatic rings. The standard InChI is InChI=1S/C4H6N2S2/c7-3-4(8)6-2-1-5-3/h1-2H2,(H,5,7)(H,6,8). The molecule has 2 N–H and O–H groups in total. The maximum Gasteiger partial charge on any atom is 0.134 e. The van der Waals surface area contributed by atoms with Crippen LogP contribution in [0.1, 0.15) is 0 Å². The van der Waals surface area contributed by atoms with Crippen molar-refractivity contribution in [2.75, 3.05) is 13.1 Å². The molecule has 2 nitrogen and oxygen atoms in total. The Hall–Kier alpha value is -0.220. The average Bonchev–Trinajstić information content (AvgIpc) is 1.77. The van der Waals surface area contributed by atoms with Crippen LogP contribution in [-0.4, -0.2) is 23.1 Å². The van der Waals surface area contributed by atoms with Gasteiger partial charge in [-0.3, -0.25) is 0 Å². The number of rotatable bonds is 0. The molecule has 0 saturated carbocycles. The first-order valence-electron chi connectivity index (χ1n) is 2.37. The Labute approximate surface area is 58.6 Å². The van der Waals surface area contributed by atoms with Crippen LogP contribution in [0.4, 0.5) is 0 Å². The van der Waals surface area contributed by atoms with E-state index in [1.165, 1.54) is 0 Å². The fraction of sp³-hybridized carbons (Fsp3) is 0.500. The van der Waals surface area contributed by atoms with Crippen molar-refractivity contribution in [1.82, 2.24) is 10.6 Å². The molecular formula is C4H6N2S2. The van der Waals surface area contributed by atoms with Crippen molar-refractivity contribution in [3.63, 3.8) is 0 Å². The van der Waals surface area contributed by atoms with Crippen LogP contribution in [0.2, 0.25) is 0 Å². The topological polar surface area (TPSA) is 24.1 Å². The van der Waals surface area contributed by atoms with E-state index < -0.39 is 0 Å². The number of nitrogens with one attached hydrogen (secondary N) is 2. The fourth-order valence-corrected chi connectivity index (χ4v) is 0.861. The van der Waals surface area contributed by atoms with E-state index in [1.807, 2.05) is 0 Å². The van der Waals surface area contributed by atoms with Gasteiger partial charge in [-0.15, -0.1) is 0 Å². The second kappa shape index (κ2) is 2.37. The predicted molar refractivity (Wildman–Crippen MR) is 41.2 cm³/mol. The summed E-state index contributed by atoms with van der Waals surface area (Å²) in [6.45, 7) is 1.78. The Bertz CT molecular complexity index is 116. The fourth-order valence-electron chi connectivity index (χ4n) is 0.513. The van der Waals surface area contributed by atoms with Crippen molar-refractivity contribution in [2.45, 2.75) is 0 Å². The van der Waals surface area contributed by atoms with Gasteiger partial charge in [-0.05, 0) is 0 Å². The van der Waals surface area contributed by atoms with Gasteiger partial charge in [-0.25, -0.2) is 0 Å². The lowest BCUT2D eigenvalue weighted by Crippen LogP contribution is -2.47. The van der Waals surface area contributed by atoms with Crippen LogP contribution in [0, 0.1) is 0 Å². The molecule has 8 heavy (non-hydrogen) atoms. The number of hydrogen-bond acceptors (Lipinski definition) is 2. The molecule has 1 aliphatic heterocycles. The summed E-state index contributed by atoms with van der Waals surface area (Å²) in [4.78, 5) is 1.34. The summed E-state index contributed by atoms with van der Waals surface area (Å²) in [5, 5.41) is 5.92. The van der Waals surface area contributed by atoms with Gasteiger partial charge in [0, 0.05) is 13.1 Å². The monoisotopic (exact) mass is 146 g/mol. The van der Waals surface area contributed by atoms with Crippen molar-refractivity contribution in [3.8, 4) is 0 Å². The molecular weight excluding hydrogens is 140 g/mol. The Morgan fingerprint density at radius 2 is 1.38 bits per heavy atom. The van der Waals surface area contributed by atoms with Gasteiger partial charge in [0.2, 0.25) is 0 Å². The summed E-state index contributed by atoms with van der Waals surface area (Å²) >= 11 is 9.63. The Morgan fingerprint density at radius 3 is 1.62 bits per heavy atom. The van der Waals surface area contributed by atoms with Gasteiger partial charge in [0.1, 0.15) is 9.98 Å². The second-order valence-corrected chi connectivity index (χ2v) is 2.33. The van der Waals surface area contributed by atoms with Crippen LogP contribution in [0.15, 0.2) is 0 Å². The maximum absolute atomic E-state index is 4.81. The third-order valence-corrected chi connectivity index (χ3v) is 1.73. The first-order chi connectivity index (χ1) is 3.80. The smallest absolute Gasteiger partial charge is 0.134 e. The summed E-state index contributed by atoms with van der Waals surface area (Å²) in [5.41, 5.74) is 0. The van der Waals surface area contributed by atoms with E-state index >= 15 is 0 Å². The molecule has 0 spiro atoms. The molecule has 44 valence electrons. The molecule has 1 aliphatic rings. The largest absolute Gasteiger partial charge is 0.372 e. The van der Waals surface area contributed by atoms with Crippen LogP contribution >= 0.6 is 24.4 Å². The van der Waals surface area contributed by atoms with E-state index in [4.69, 9.17) is 24.4 Å². The van der Waals surface area contributed by atoms with Gasteiger partial charge in [-0.1, -0.05) is 24.4 Å². The van der Waals surface area contributed by atoms with Gasteiger partial charge in [0.25, 0.3) is 0 Å². The van der Waals surface area contributed by atoms with Crippen molar-refractivity contribution in [3.05, 3.63) is 0 Å². The average molecular weight is 146 g/mol. The van der Waals surface area contributed by atoms with Crippen LogP contribution in [0.5, 0.6) is 0 Å². The molecule has 0 radical (unpaired) electrons. The Balaban J connectivity index is 2.52. The highest BCUT2D eigenvalue weighted by Crippen LogP contribution is 1.81. The summed E-state index contributed by atoms with van der Waals surface area (Å²) < 4.78 is 0. The van der Waals surface area contributed by atoms with E-state index in [1.54, 1.807) is 0 Å². The Kier molecular flexibility index (Phi) is 1.75. The zero-order chi connectivity index (χ0) is 5.98. The van der Waals surface area contributed by atoms with Crippen LogP contribution in [0.25, 0.3) is 0 Å². The molecule has 0 aliphatic carbocycles. The lowest BCUT2D eigenvalue weighted by molar-refractivity contribution is 0.803. The summed E-state index contributed by atoms with van der Waals surface area (Å²) in [5.74, 6) is 0. The molecule has 0 atom stereocenters. The third-order valence-electron chi connectivity index (χ3n) is 0.902. The minimum atomic E-state index is 0.672. The molecule has 0 bridgehead atoms. The number of hydrogen-bond donors (Lipinski definition) is 2. The van der Waals surface area contributed by atoms with E-state index in [0.717, 1.165) is 13.1 Å². The quantitative estimate of drug-likeness (QED) is 0.464. The lowest BCUT2D eigenvalue weighted by Gasteiger charge is -2.16. The lowest BCUT2D eigenvalue weighted by atomic mass is 10.4. The highest BCUT2D eigenvalue weighted by Gasteiger charge is 2.06. The van der Waals surface area contributed by atoms with Gasteiger partial charge in [0.05, 0.1) is 0 Å². The van der Waals surface area contributed by atoms with Crippen molar-refractivity contribution >= 4 is 34.4 Å².